The first-order chi connectivity index (χ1) is 10.9. The summed E-state index contributed by atoms with van der Waals surface area (Å²) in [6, 6.07) is 4.21. The predicted molar refractivity (Wildman–Crippen MR) is 85.4 cm³/mol. The van der Waals surface area contributed by atoms with E-state index in [2.05, 4.69) is 5.32 Å². The highest BCUT2D eigenvalue weighted by molar-refractivity contribution is 6.31. The molecule has 0 aliphatic carbocycles. The topological polar surface area (TPSA) is 72.9 Å². The number of hydrogen-bond acceptors (Lipinski definition) is 3. The lowest BCUT2D eigenvalue weighted by molar-refractivity contribution is -0.137. The molecule has 23 heavy (non-hydrogen) atoms. The Morgan fingerprint density at radius 2 is 2.26 bits per heavy atom. The smallest absolute Gasteiger partial charge is 0.317 e. The van der Waals surface area contributed by atoms with Crippen molar-refractivity contribution in [2.75, 3.05) is 31.6 Å². The molecular weight excluding hydrogens is 325 g/mol. The van der Waals surface area contributed by atoms with Gasteiger partial charge in [0.2, 0.25) is 0 Å². The van der Waals surface area contributed by atoms with E-state index >= 15 is 0 Å². The lowest BCUT2D eigenvalue weighted by Gasteiger charge is -2.22. The SMILES string of the molecule is CN(CCC(=O)O)C(=O)NC1CCN(c2ccc(F)c(Cl)c2)C1. The molecule has 1 aliphatic heterocycles. The van der Waals surface area contributed by atoms with Crippen molar-refractivity contribution in [3.8, 4) is 0 Å². The number of rotatable bonds is 5. The van der Waals surface area contributed by atoms with E-state index in [1.165, 1.54) is 11.0 Å². The molecule has 1 fully saturated rings. The van der Waals surface area contributed by atoms with Crippen LogP contribution in [0.2, 0.25) is 5.02 Å². The van der Waals surface area contributed by atoms with E-state index in [4.69, 9.17) is 16.7 Å². The number of halogens is 2. The highest BCUT2D eigenvalue weighted by Crippen LogP contribution is 2.25. The Hall–Kier alpha value is -2.02. The molecule has 1 saturated heterocycles. The fraction of sp³-hybridized carbons (Fsp3) is 0.467. The van der Waals surface area contributed by atoms with Crippen molar-refractivity contribution < 1.29 is 19.1 Å². The summed E-state index contributed by atoms with van der Waals surface area (Å²) >= 11 is 5.79. The van der Waals surface area contributed by atoms with Gasteiger partial charge in [0.1, 0.15) is 5.82 Å². The van der Waals surface area contributed by atoms with Crippen LogP contribution in [0.25, 0.3) is 0 Å². The van der Waals surface area contributed by atoms with Crippen LogP contribution >= 0.6 is 11.6 Å². The molecule has 0 radical (unpaired) electrons. The number of carboxylic acids is 1. The molecule has 8 heteroatoms. The Balaban J connectivity index is 1.86. The first-order valence-corrected chi connectivity index (χ1v) is 7.68. The molecule has 0 aromatic heterocycles. The van der Waals surface area contributed by atoms with Crippen molar-refractivity contribution in [1.82, 2.24) is 10.2 Å². The predicted octanol–water partition coefficient (Wildman–Crippen LogP) is 2.17. The fourth-order valence-corrected chi connectivity index (χ4v) is 2.62. The van der Waals surface area contributed by atoms with Gasteiger partial charge < -0.3 is 20.2 Å². The van der Waals surface area contributed by atoms with Crippen LogP contribution in [0.1, 0.15) is 12.8 Å². The van der Waals surface area contributed by atoms with Gasteiger partial charge in [-0.3, -0.25) is 4.79 Å². The number of aliphatic carboxylic acids is 1. The summed E-state index contributed by atoms with van der Waals surface area (Å²) in [5, 5.41) is 11.6. The molecule has 2 amide bonds. The van der Waals surface area contributed by atoms with Gasteiger partial charge in [-0.1, -0.05) is 11.6 Å². The first kappa shape index (κ1) is 17.3. The van der Waals surface area contributed by atoms with Crippen LogP contribution in [-0.2, 0) is 4.79 Å². The Morgan fingerprint density at radius 3 is 2.91 bits per heavy atom. The number of hydrogen-bond donors (Lipinski definition) is 2. The molecule has 1 aromatic carbocycles. The average Bonchev–Trinajstić information content (AvgIpc) is 2.96. The van der Waals surface area contributed by atoms with Crippen LogP contribution < -0.4 is 10.2 Å². The van der Waals surface area contributed by atoms with Gasteiger partial charge in [0, 0.05) is 38.4 Å². The zero-order chi connectivity index (χ0) is 17.0. The summed E-state index contributed by atoms with van der Waals surface area (Å²) < 4.78 is 13.2. The van der Waals surface area contributed by atoms with Crippen molar-refractivity contribution in [2.45, 2.75) is 18.9 Å². The van der Waals surface area contributed by atoms with Crippen molar-refractivity contribution in [3.63, 3.8) is 0 Å². The summed E-state index contributed by atoms with van der Waals surface area (Å²) in [6.45, 7) is 1.48. The lowest BCUT2D eigenvalue weighted by atomic mass is 10.2. The number of urea groups is 1. The molecule has 0 spiro atoms. The van der Waals surface area contributed by atoms with Gasteiger partial charge in [-0.05, 0) is 24.6 Å². The highest BCUT2D eigenvalue weighted by Gasteiger charge is 2.25. The molecule has 1 unspecified atom stereocenters. The second-order valence-electron chi connectivity index (χ2n) is 5.54. The van der Waals surface area contributed by atoms with Gasteiger partial charge in [-0.2, -0.15) is 0 Å². The molecular formula is C15H19ClFN3O3. The summed E-state index contributed by atoms with van der Waals surface area (Å²) in [7, 11) is 1.56. The van der Waals surface area contributed by atoms with Crippen LogP contribution in [-0.4, -0.2) is 54.7 Å². The van der Waals surface area contributed by atoms with Crippen LogP contribution in [0.3, 0.4) is 0 Å². The molecule has 1 atom stereocenters. The first-order valence-electron chi connectivity index (χ1n) is 7.30. The largest absolute Gasteiger partial charge is 0.481 e. The number of amides is 2. The average molecular weight is 344 g/mol. The Kier molecular flexibility index (Phi) is 5.65. The molecule has 1 aromatic rings. The molecule has 1 heterocycles. The number of carbonyl (C=O) groups excluding carboxylic acids is 1. The Bertz CT molecular complexity index is 599. The maximum absolute atomic E-state index is 13.2. The summed E-state index contributed by atoms with van der Waals surface area (Å²) in [5.41, 5.74) is 0.812. The van der Waals surface area contributed by atoms with Crippen molar-refractivity contribution in [3.05, 3.63) is 29.0 Å². The monoisotopic (exact) mass is 343 g/mol. The number of nitrogens with zero attached hydrogens (tertiary/aromatic N) is 2. The summed E-state index contributed by atoms with van der Waals surface area (Å²) in [6.07, 6.45) is 0.669. The van der Waals surface area contributed by atoms with Gasteiger partial charge in [0.25, 0.3) is 0 Å². The minimum Gasteiger partial charge on any atom is -0.481 e. The molecule has 1 aliphatic rings. The number of carbonyl (C=O) groups is 2. The van der Waals surface area contributed by atoms with E-state index in [0.29, 0.717) is 6.54 Å². The number of carboxylic acid groups (broad SMARTS) is 1. The minimum atomic E-state index is -0.940. The molecule has 6 nitrogen and oxygen atoms in total. The van der Waals surface area contributed by atoms with Gasteiger partial charge in [-0.25, -0.2) is 9.18 Å². The number of benzene rings is 1. The summed E-state index contributed by atoms with van der Waals surface area (Å²) in [5.74, 6) is -1.40. The van der Waals surface area contributed by atoms with Crippen molar-refractivity contribution >= 4 is 29.3 Å². The maximum atomic E-state index is 13.2. The van der Waals surface area contributed by atoms with Crippen molar-refractivity contribution in [1.29, 1.82) is 0 Å². The van der Waals surface area contributed by atoms with Gasteiger partial charge in [0.05, 0.1) is 11.4 Å². The van der Waals surface area contributed by atoms with Crippen molar-refractivity contribution in [2.24, 2.45) is 0 Å². The van der Waals surface area contributed by atoms with Gasteiger partial charge >= 0.3 is 12.0 Å². The highest BCUT2D eigenvalue weighted by atomic mass is 35.5. The second-order valence-corrected chi connectivity index (χ2v) is 5.95. The van der Waals surface area contributed by atoms with Crippen LogP contribution in [0.15, 0.2) is 18.2 Å². The Morgan fingerprint density at radius 1 is 1.52 bits per heavy atom. The number of nitrogens with one attached hydrogen (secondary N) is 1. The van der Waals surface area contributed by atoms with E-state index in [-0.39, 0.29) is 30.1 Å². The van der Waals surface area contributed by atoms with E-state index < -0.39 is 11.8 Å². The van der Waals surface area contributed by atoms with Gasteiger partial charge in [-0.15, -0.1) is 0 Å². The van der Waals surface area contributed by atoms with Crippen LogP contribution in [0.4, 0.5) is 14.9 Å². The third-order valence-electron chi connectivity index (χ3n) is 3.79. The van der Waals surface area contributed by atoms with E-state index in [1.807, 2.05) is 4.90 Å². The maximum Gasteiger partial charge on any atom is 0.317 e. The lowest BCUT2D eigenvalue weighted by Crippen LogP contribution is -2.44. The standard InChI is InChI=1S/C15H19ClFN3O3/c1-19(6-5-14(21)22)15(23)18-10-4-7-20(9-10)11-2-3-13(17)12(16)8-11/h2-3,8,10H,4-7,9H2,1H3,(H,18,23)(H,21,22). The molecule has 2 rings (SSSR count). The summed E-state index contributed by atoms with van der Waals surface area (Å²) in [4.78, 5) is 25.9. The third-order valence-corrected chi connectivity index (χ3v) is 4.08. The zero-order valence-electron chi connectivity index (χ0n) is 12.8. The zero-order valence-corrected chi connectivity index (χ0v) is 13.5. The Labute approximate surface area is 138 Å². The van der Waals surface area contributed by atoms with E-state index in [1.54, 1.807) is 19.2 Å². The molecule has 126 valence electrons. The normalized spacial score (nSPS) is 17.2. The van der Waals surface area contributed by atoms with Gasteiger partial charge in [0.15, 0.2) is 0 Å². The third kappa shape index (κ3) is 4.72. The quantitative estimate of drug-likeness (QED) is 0.859. The minimum absolute atomic E-state index is 0.0430. The number of anilines is 1. The van der Waals surface area contributed by atoms with Crippen LogP contribution in [0.5, 0.6) is 0 Å². The fourth-order valence-electron chi connectivity index (χ4n) is 2.44. The molecule has 2 N–H and O–H groups in total. The second kappa shape index (κ2) is 7.50. The van der Waals surface area contributed by atoms with Crippen LogP contribution in [0, 0.1) is 5.82 Å². The molecule has 0 bridgehead atoms. The molecule has 0 saturated carbocycles. The van der Waals surface area contributed by atoms with E-state index in [0.717, 1.165) is 18.7 Å². The van der Waals surface area contributed by atoms with E-state index in [9.17, 15) is 14.0 Å².